The third-order valence-electron chi connectivity index (χ3n) is 1.32. The van der Waals surface area contributed by atoms with Gasteiger partial charge < -0.3 is 0 Å². The SMILES string of the molecule is CSc1sc(=NC(C)(C)C)sc1SC. The van der Waals surface area contributed by atoms with Gasteiger partial charge in [-0.15, -0.1) is 23.5 Å². The van der Waals surface area contributed by atoms with Crippen molar-refractivity contribution in [3.05, 3.63) is 3.98 Å². The van der Waals surface area contributed by atoms with Crippen LogP contribution in [0.15, 0.2) is 13.4 Å². The molecule has 0 saturated heterocycles. The molecule has 5 heteroatoms. The Morgan fingerprint density at radius 2 is 1.43 bits per heavy atom. The van der Waals surface area contributed by atoms with Gasteiger partial charge >= 0.3 is 0 Å². The highest BCUT2D eigenvalue weighted by Gasteiger charge is 2.09. The van der Waals surface area contributed by atoms with E-state index < -0.39 is 0 Å². The van der Waals surface area contributed by atoms with Gasteiger partial charge in [-0.2, -0.15) is 0 Å². The molecule has 0 atom stereocenters. The summed E-state index contributed by atoms with van der Waals surface area (Å²) in [7, 11) is 0. The number of thioether (sulfide) groups is 2. The topological polar surface area (TPSA) is 12.4 Å². The van der Waals surface area contributed by atoms with Gasteiger partial charge in [-0.05, 0) is 33.3 Å². The first-order valence-electron chi connectivity index (χ1n) is 4.24. The summed E-state index contributed by atoms with van der Waals surface area (Å²) in [5.41, 5.74) is 0.0344. The Morgan fingerprint density at radius 1 is 1.00 bits per heavy atom. The van der Waals surface area contributed by atoms with E-state index in [-0.39, 0.29) is 5.54 Å². The van der Waals surface area contributed by atoms with E-state index in [1.807, 2.05) is 23.5 Å². The van der Waals surface area contributed by atoms with Crippen LogP contribution in [0.1, 0.15) is 20.8 Å². The van der Waals surface area contributed by atoms with Crippen LogP contribution in [-0.4, -0.2) is 18.1 Å². The first-order valence-corrected chi connectivity index (χ1v) is 8.32. The van der Waals surface area contributed by atoms with E-state index in [0.717, 1.165) is 0 Å². The van der Waals surface area contributed by atoms with E-state index in [9.17, 15) is 0 Å². The van der Waals surface area contributed by atoms with Crippen LogP contribution < -0.4 is 3.98 Å². The van der Waals surface area contributed by atoms with Gasteiger partial charge in [-0.25, -0.2) is 0 Å². The van der Waals surface area contributed by atoms with Crippen molar-refractivity contribution in [1.82, 2.24) is 0 Å². The van der Waals surface area contributed by atoms with Crippen molar-refractivity contribution in [2.75, 3.05) is 12.5 Å². The quantitative estimate of drug-likeness (QED) is 0.751. The lowest BCUT2D eigenvalue weighted by molar-refractivity contribution is 0.572. The number of nitrogens with zero attached hydrogens (tertiary/aromatic N) is 1. The molecule has 1 aromatic heterocycles. The molecule has 0 aliphatic heterocycles. The molecule has 0 fully saturated rings. The second-order valence-electron chi connectivity index (χ2n) is 3.74. The molecule has 1 nitrogen and oxygen atoms in total. The molecule has 0 saturated carbocycles. The molecular formula is C9H15NS4. The van der Waals surface area contributed by atoms with Crippen molar-refractivity contribution in [2.45, 2.75) is 34.7 Å². The standard InChI is InChI=1S/C9H15NS4/c1-9(2,3)10-8-13-6(11-4)7(12-5)14-8/h1-5H3. The first kappa shape index (κ1) is 12.6. The summed E-state index contributed by atoms with van der Waals surface area (Å²) in [6.07, 6.45) is 4.25. The number of hydrogen-bond acceptors (Lipinski definition) is 5. The highest BCUT2D eigenvalue weighted by molar-refractivity contribution is 8.04. The third-order valence-corrected chi connectivity index (χ3v) is 6.30. The summed E-state index contributed by atoms with van der Waals surface area (Å²) in [5, 5.41) is 0. The van der Waals surface area contributed by atoms with Crippen LogP contribution in [0.4, 0.5) is 0 Å². The molecule has 0 aliphatic carbocycles. The van der Waals surface area contributed by atoms with E-state index in [1.165, 1.54) is 12.4 Å². The Labute approximate surface area is 102 Å². The molecule has 1 aromatic rings. The van der Waals surface area contributed by atoms with Crippen molar-refractivity contribution in [3.63, 3.8) is 0 Å². The van der Waals surface area contributed by atoms with Crippen molar-refractivity contribution < 1.29 is 0 Å². The molecule has 0 aromatic carbocycles. The maximum atomic E-state index is 4.68. The highest BCUT2D eigenvalue weighted by Crippen LogP contribution is 2.34. The minimum Gasteiger partial charge on any atom is -0.259 e. The van der Waals surface area contributed by atoms with Gasteiger partial charge in [0.25, 0.3) is 0 Å². The fourth-order valence-corrected chi connectivity index (χ4v) is 5.91. The van der Waals surface area contributed by atoms with Gasteiger partial charge in [-0.3, -0.25) is 4.99 Å². The average molecular weight is 265 g/mol. The monoisotopic (exact) mass is 265 g/mol. The highest BCUT2D eigenvalue weighted by atomic mass is 32.2. The molecular weight excluding hydrogens is 250 g/mol. The number of rotatable bonds is 2. The van der Waals surface area contributed by atoms with Crippen LogP contribution in [0.3, 0.4) is 0 Å². The van der Waals surface area contributed by atoms with Gasteiger partial charge in [-0.1, -0.05) is 22.7 Å². The van der Waals surface area contributed by atoms with E-state index in [2.05, 4.69) is 38.3 Å². The summed E-state index contributed by atoms with van der Waals surface area (Å²) >= 11 is 7.24. The van der Waals surface area contributed by atoms with Crippen LogP contribution in [-0.2, 0) is 0 Å². The van der Waals surface area contributed by atoms with Crippen LogP contribution >= 0.6 is 46.2 Å². The van der Waals surface area contributed by atoms with Crippen molar-refractivity contribution in [3.8, 4) is 0 Å². The lowest BCUT2D eigenvalue weighted by Gasteiger charge is -2.08. The molecule has 80 valence electrons. The zero-order valence-corrected chi connectivity index (χ0v) is 12.3. The molecule has 14 heavy (non-hydrogen) atoms. The second-order valence-corrected chi connectivity index (χ2v) is 8.14. The smallest absolute Gasteiger partial charge is 0.168 e. The summed E-state index contributed by atoms with van der Waals surface area (Å²) in [4.78, 5) is 4.68. The number of hydrogen-bond donors (Lipinski definition) is 0. The minimum absolute atomic E-state index is 0.0344. The fraction of sp³-hybridized carbons (Fsp3) is 0.667. The lowest BCUT2D eigenvalue weighted by Crippen LogP contribution is -2.13. The molecule has 0 radical (unpaired) electrons. The van der Waals surface area contributed by atoms with Gasteiger partial charge in [0.05, 0.1) is 14.0 Å². The third kappa shape index (κ3) is 3.61. The largest absolute Gasteiger partial charge is 0.259 e. The van der Waals surface area contributed by atoms with Crippen molar-refractivity contribution in [2.24, 2.45) is 4.99 Å². The predicted octanol–water partition coefficient (Wildman–Crippen LogP) is 3.95. The Kier molecular flexibility index (Phi) is 4.56. The molecule has 0 aliphatic rings. The maximum absolute atomic E-state index is 4.68. The molecule has 1 heterocycles. The van der Waals surface area contributed by atoms with Crippen LogP contribution in [0.5, 0.6) is 0 Å². The van der Waals surface area contributed by atoms with Crippen molar-refractivity contribution in [1.29, 1.82) is 0 Å². The zero-order valence-electron chi connectivity index (χ0n) is 9.08. The van der Waals surface area contributed by atoms with Crippen LogP contribution in [0.2, 0.25) is 0 Å². The summed E-state index contributed by atoms with van der Waals surface area (Å²) in [6.45, 7) is 6.41. The van der Waals surface area contributed by atoms with E-state index in [0.29, 0.717) is 0 Å². The average Bonchev–Trinajstić information content (AvgIpc) is 2.43. The Hall–Kier alpha value is 0.550. The van der Waals surface area contributed by atoms with Crippen molar-refractivity contribution >= 4 is 46.2 Å². The second kappa shape index (κ2) is 5.05. The van der Waals surface area contributed by atoms with Crippen LogP contribution in [0.25, 0.3) is 0 Å². The van der Waals surface area contributed by atoms with E-state index in [4.69, 9.17) is 0 Å². The maximum Gasteiger partial charge on any atom is 0.168 e. The molecule has 0 N–H and O–H groups in total. The minimum atomic E-state index is 0.0344. The van der Waals surface area contributed by atoms with Gasteiger partial charge in [0.1, 0.15) is 0 Å². The summed E-state index contributed by atoms with van der Waals surface area (Å²) in [5.74, 6) is 0. The van der Waals surface area contributed by atoms with E-state index >= 15 is 0 Å². The Morgan fingerprint density at radius 3 is 1.71 bits per heavy atom. The summed E-state index contributed by atoms with van der Waals surface area (Å²) < 4.78 is 3.97. The molecule has 0 unspecified atom stereocenters. The van der Waals surface area contributed by atoms with Gasteiger partial charge in [0.2, 0.25) is 0 Å². The van der Waals surface area contributed by atoms with Gasteiger partial charge in [0.15, 0.2) is 3.98 Å². The lowest BCUT2D eigenvalue weighted by atomic mass is 10.1. The molecule has 0 bridgehead atoms. The molecule has 0 spiro atoms. The van der Waals surface area contributed by atoms with Crippen LogP contribution in [0, 0.1) is 0 Å². The Bertz CT molecular complexity index is 331. The molecule has 0 amide bonds. The fourth-order valence-electron chi connectivity index (χ4n) is 0.832. The summed E-state index contributed by atoms with van der Waals surface area (Å²) in [6, 6.07) is 0. The Balaban J connectivity index is 3.13. The molecule has 1 rings (SSSR count). The normalized spacial score (nSPS) is 11.8. The van der Waals surface area contributed by atoms with E-state index in [1.54, 1.807) is 22.7 Å². The first-order chi connectivity index (χ1) is 6.46. The predicted molar refractivity (Wildman–Crippen MR) is 71.1 cm³/mol. The van der Waals surface area contributed by atoms with Gasteiger partial charge in [0, 0.05) is 0 Å². The zero-order chi connectivity index (χ0) is 10.8.